The number of thiophene rings is 1. The molecular formula is C22H23ClN4O2S. The number of aryl methyl sites for hydroxylation is 1. The second-order valence-corrected chi connectivity index (χ2v) is 8.87. The fraction of sp³-hybridized carbons (Fsp3) is 0.273. The van der Waals surface area contributed by atoms with Crippen LogP contribution < -0.4 is 5.32 Å². The SMILES string of the molecule is Cc1nn(Cc2ccc(Cl)cc2)c2sc(C(=O)NCC(c3ccco3)N(C)C)cc12. The Balaban J connectivity index is 1.51. The number of amides is 1. The van der Waals surface area contributed by atoms with Crippen LogP contribution in [0.3, 0.4) is 0 Å². The van der Waals surface area contributed by atoms with E-state index in [4.69, 9.17) is 16.0 Å². The van der Waals surface area contributed by atoms with Gasteiger partial charge in [0.2, 0.25) is 0 Å². The van der Waals surface area contributed by atoms with Gasteiger partial charge in [-0.15, -0.1) is 11.3 Å². The number of carbonyl (C=O) groups excluding carboxylic acids is 1. The van der Waals surface area contributed by atoms with Gasteiger partial charge in [-0.3, -0.25) is 14.4 Å². The first-order valence-electron chi connectivity index (χ1n) is 9.62. The lowest BCUT2D eigenvalue weighted by atomic mass is 10.2. The third kappa shape index (κ3) is 4.28. The van der Waals surface area contributed by atoms with Crippen molar-refractivity contribution in [3.63, 3.8) is 0 Å². The number of rotatable bonds is 7. The summed E-state index contributed by atoms with van der Waals surface area (Å²) in [6.45, 7) is 3.06. The predicted molar refractivity (Wildman–Crippen MR) is 120 cm³/mol. The molecule has 0 radical (unpaired) electrons. The minimum atomic E-state index is -0.0907. The number of fused-ring (bicyclic) bond motifs is 1. The van der Waals surface area contributed by atoms with Gasteiger partial charge in [0.05, 0.1) is 29.4 Å². The summed E-state index contributed by atoms with van der Waals surface area (Å²) in [5.74, 6) is 0.734. The van der Waals surface area contributed by atoms with Crippen LogP contribution in [-0.4, -0.2) is 41.2 Å². The standard InChI is InChI=1S/C22H23ClN4O2S/c1-14-17-11-20(21(28)24-12-18(26(2)3)19-5-4-10-29-19)30-22(17)27(25-14)13-15-6-8-16(23)9-7-15/h4-11,18H,12-13H2,1-3H3,(H,24,28). The lowest BCUT2D eigenvalue weighted by Gasteiger charge is -2.22. The number of nitrogens with zero attached hydrogens (tertiary/aromatic N) is 3. The molecule has 1 aromatic carbocycles. The van der Waals surface area contributed by atoms with E-state index >= 15 is 0 Å². The monoisotopic (exact) mass is 442 g/mol. The van der Waals surface area contributed by atoms with Crippen molar-refractivity contribution in [3.8, 4) is 0 Å². The van der Waals surface area contributed by atoms with Crippen LogP contribution >= 0.6 is 22.9 Å². The molecule has 0 bridgehead atoms. The van der Waals surface area contributed by atoms with Gasteiger partial charge < -0.3 is 9.73 Å². The number of nitrogens with one attached hydrogen (secondary N) is 1. The highest BCUT2D eigenvalue weighted by atomic mass is 35.5. The van der Waals surface area contributed by atoms with Gasteiger partial charge in [0.25, 0.3) is 5.91 Å². The molecule has 1 atom stereocenters. The normalized spacial score (nSPS) is 12.6. The number of hydrogen-bond donors (Lipinski definition) is 1. The first-order chi connectivity index (χ1) is 14.4. The molecule has 30 heavy (non-hydrogen) atoms. The smallest absolute Gasteiger partial charge is 0.261 e. The van der Waals surface area contributed by atoms with E-state index in [0.717, 1.165) is 27.2 Å². The number of likely N-dealkylation sites (N-methyl/N-ethyl adjacent to an activating group) is 1. The third-order valence-electron chi connectivity index (χ3n) is 5.03. The number of aromatic nitrogens is 2. The molecule has 4 rings (SSSR count). The Bertz CT molecular complexity index is 1150. The highest BCUT2D eigenvalue weighted by Gasteiger charge is 2.20. The second-order valence-electron chi connectivity index (χ2n) is 7.40. The molecule has 0 saturated carbocycles. The Hall–Kier alpha value is -2.61. The molecule has 0 saturated heterocycles. The number of furan rings is 1. The van der Waals surface area contributed by atoms with E-state index < -0.39 is 0 Å². The first-order valence-corrected chi connectivity index (χ1v) is 10.8. The molecule has 0 aliphatic carbocycles. The zero-order chi connectivity index (χ0) is 21.3. The van der Waals surface area contributed by atoms with Gasteiger partial charge in [0, 0.05) is 17.0 Å². The Morgan fingerprint density at radius 3 is 2.73 bits per heavy atom. The van der Waals surface area contributed by atoms with Crippen LogP contribution in [0.1, 0.15) is 32.7 Å². The van der Waals surface area contributed by atoms with Crippen LogP contribution in [0, 0.1) is 6.92 Å². The maximum absolute atomic E-state index is 12.8. The minimum Gasteiger partial charge on any atom is -0.468 e. The molecule has 1 amide bonds. The molecule has 0 spiro atoms. The molecule has 1 N–H and O–H groups in total. The number of carbonyl (C=O) groups is 1. The van der Waals surface area contributed by atoms with Crippen molar-refractivity contribution in [1.29, 1.82) is 0 Å². The molecule has 1 unspecified atom stereocenters. The molecule has 0 aliphatic rings. The molecule has 0 aliphatic heterocycles. The topological polar surface area (TPSA) is 63.3 Å². The summed E-state index contributed by atoms with van der Waals surface area (Å²) in [7, 11) is 3.93. The van der Waals surface area contributed by atoms with E-state index in [9.17, 15) is 4.79 Å². The molecule has 0 fully saturated rings. The van der Waals surface area contributed by atoms with Crippen molar-refractivity contribution < 1.29 is 9.21 Å². The molecule has 3 heterocycles. The van der Waals surface area contributed by atoms with Gasteiger partial charge in [-0.1, -0.05) is 23.7 Å². The van der Waals surface area contributed by atoms with Gasteiger partial charge in [0.1, 0.15) is 10.6 Å². The zero-order valence-electron chi connectivity index (χ0n) is 17.1. The minimum absolute atomic E-state index is 0.0274. The highest BCUT2D eigenvalue weighted by molar-refractivity contribution is 7.20. The van der Waals surface area contributed by atoms with Gasteiger partial charge in [-0.25, -0.2) is 0 Å². The van der Waals surface area contributed by atoms with Crippen LogP contribution in [-0.2, 0) is 6.54 Å². The maximum atomic E-state index is 12.8. The quantitative estimate of drug-likeness (QED) is 0.449. The summed E-state index contributed by atoms with van der Waals surface area (Å²) in [6, 6.07) is 13.4. The Morgan fingerprint density at radius 2 is 2.07 bits per heavy atom. The second kappa shape index (κ2) is 8.63. The van der Waals surface area contributed by atoms with Gasteiger partial charge >= 0.3 is 0 Å². The predicted octanol–water partition coefficient (Wildman–Crippen LogP) is 4.73. The average molecular weight is 443 g/mol. The molecule has 6 nitrogen and oxygen atoms in total. The number of benzene rings is 1. The van der Waals surface area contributed by atoms with E-state index in [1.165, 1.54) is 11.3 Å². The molecular weight excluding hydrogens is 420 g/mol. The van der Waals surface area contributed by atoms with Crippen molar-refractivity contribution in [3.05, 3.63) is 75.6 Å². The van der Waals surface area contributed by atoms with Crippen molar-refractivity contribution in [2.24, 2.45) is 0 Å². The highest BCUT2D eigenvalue weighted by Crippen LogP contribution is 2.29. The summed E-state index contributed by atoms with van der Waals surface area (Å²) in [4.78, 5) is 16.5. The van der Waals surface area contributed by atoms with E-state index in [0.29, 0.717) is 23.0 Å². The Morgan fingerprint density at radius 1 is 1.30 bits per heavy atom. The summed E-state index contributed by atoms with van der Waals surface area (Å²) in [6.07, 6.45) is 1.65. The molecule has 156 valence electrons. The van der Waals surface area contributed by atoms with Gasteiger partial charge in [0.15, 0.2) is 0 Å². The largest absolute Gasteiger partial charge is 0.468 e. The van der Waals surface area contributed by atoms with E-state index in [1.807, 2.05) is 73.1 Å². The summed E-state index contributed by atoms with van der Waals surface area (Å²) in [5, 5.41) is 9.40. The fourth-order valence-electron chi connectivity index (χ4n) is 3.39. The van der Waals surface area contributed by atoms with Crippen LogP contribution in [0.15, 0.2) is 53.1 Å². The van der Waals surface area contributed by atoms with Crippen molar-refractivity contribution in [2.75, 3.05) is 20.6 Å². The molecule has 3 aromatic heterocycles. The zero-order valence-corrected chi connectivity index (χ0v) is 18.6. The van der Waals surface area contributed by atoms with E-state index in [2.05, 4.69) is 10.4 Å². The first kappa shape index (κ1) is 20.7. The summed E-state index contributed by atoms with van der Waals surface area (Å²) >= 11 is 7.44. The third-order valence-corrected chi connectivity index (χ3v) is 6.43. The van der Waals surface area contributed by atoms with Crippen molar-refractivity contribution in [1.82, 2.24) is 20.0 Å². The number of hydrogen-bond acceptors (Lipinski definition) is 5. The average Bonchev–Trinajstić information content (AvgIpc) is 3.43. The van der Waals surface area contributed by atoms with Crippen LogP contribution in [0.2, 0.25) is 5.02 Å². The summed E-state index contributed by atoms with van der Waals surface area (Å²) < 4.78 is 7.46. The van der Waals surface area contributed by atoms with Gasteiger partial charge in [-0.2, -0.15) is 5.10 Å². The maximum Gasteiger partial charge on any atom is 0.261 e. The van der Waals surface area contributed by atoms with Crippen LogP contribution in [0.5, 0.6) is 0 Å². The fourth-order valence-corrected chi connectivity index (χ4v) is 4.59. The number of halogens is 1. The lowest BCUT2D eigenvalue weighted by Crippen LogP contribution is -2.34. The van der Waals surface area contributed by atoms with E-state index in [-0.39, 0.29) is 11.9 Å². The lowest BCUT2D eigenvalue weighted by molar-refractivity contribution is 0.0943. The van der Waals surface area contributed by atoms with Gasteiger partial charge in [-0.05, 0) is 56.9 Å². The van der Waals surface area contributed by atoms with Crippen LogP contribution in [0.25, 0.3) is 10.2 Å². The van der Waals surface area contributed by atoms with Crippen molar-refractivity contribution in [2.45, 2.75) is 19.5 Å². The summed E-state index contributed by atoms with van der Waals surface area (Å²) in [5.41, 5.74) is 2.02. The molecule has 4 aromatic rings. The van der Waals surface area contributed by atoms with E-state index in [1.54, 1.807) is 6.26 Å². The van der Waals surface area contributed by atoms with Crippen LogP contribution in [0.4, 0.5) is 0 Å². The Labute approximate surface area is 184 Å². The molecule has 8 heteroatoms. The van der Waals surface area contributed by atoms with Crippen molar-refractivity contribution >= 4 is 39.1 Å². The Kier molecular flexibility index (Phi) is 5.94.